The van der Waals surface area contributed by atoms with E-state index in [-0.39, 0.29) is 11.0 Å². The van der Waals surface area contributed by atoms with Crippen molar-refractivity contribution in [2.24, 2.45) is 5.41 Å². The molecule has 3 heteroatoms. The van der Waals surface area contributed by atoms with Crippen molar-refractivity contribution in [3.63, 3.8) is 0 Å². The van der Waals surface area contributed by atoms with Gasteiger partial charge in [-0.15, -0.1) is 0 Å². The minimum atomic E-state index is -0.525. The Balaban J connectivity index is 2.04. The molecule has 0 spiro atoms. The zero-order valence-electron chi connectivity index (χ0n) is 6.95. The fourth-order valence-corrected chi connectivity index (χ4v) is 2.74. The highest BCUT2D eigenvalue weighted by Crippen LogP contribution is 2.71. The number of hydrogen-bond donors (Lipinski definition) is 2. The average Bonchev–Trinajstić information content (AvgIpc) is 1.53. The van der Waals surface area contributed by atoms with Gasteiger partial charge in [0, 0.05) is 11.0 Å². The van der Waals surface area contributed by atoms with E-state index in [2.05, 4.69) is 4.84 Å². The summed E-state index contributed by atoms with van der Waals surface area (Å²) in [5.74, 6) is 0. The third-order valence-electron chi connectivity index (χ3n) is 3.53. The van der Waals surface area contributed by atoms with Crippen molar-refractivity contribution in [1.29, 1.82) is 0 Å². The van der Waals surface area contributed by atoms with Crippen molar-refractivity contribution < 1.29 is 5.11 Å². The molecule has 0 amide bonds. The Morgan fingerprint density at radius 2 is 1.82 bits per heavy atom. The van der Waals surface area contributed by atoms with E-state index in [0.717, 1.165) is 19.3 Å². The van der Waals surface area contributed by atoms with Gasteiger partial charge in [-0.2, -0.15) is 0 Å². The summed E-state index contributed by atoms with van der Waals surface area (Å²) >= 11 is 5.56. The summed E-state index contributed by atoms with van der Waals surface area (Å²) in [6.45, 7) is 3.79. The van der Waals surface area contributed by atoms with E-state index >= 15 is 0 Å². The predicted octanol–water partition coefficient (Wildman–Crippen LogP) is 1.42. The van der Waals surface area contributed by atoms with Gasteiger partial charge in [-0.3, -0.25) is 0 Å². The highest BCUT2D eigenvalue weighted by atomic mass is 35.5. The lowest BCUT2D eigenvalue weighted by Crippen LogP contribution is -2.77. The minimum Gasteiger partial charge on any atom is -0.390 e. The van der Waals surface area contributed by atoms with Gasteiger partial charge in [-0.05, 0) is 44.9 Å². The van der Waals surface area contributed by atoms with Crippen LogP contribution in [0.15, 0.2) is 0 Å². The van der Waals surface area contributed by atoms with Crippen LogP contribution in [0.2, 0.25) is 0 Å². The summed E-state index contributed by atoms with van der Waals surface area (Å²) in [6.07, 6.45) is 3.10. The van der Waals surface area contributed by atoms with Gasteiger partial charge in [0.15, 0.2) is 0 Å². The van der Waals surface area contributed by atoms with Gasteiger partial charge in [-0.1, -0.05) is 0 Å². The summed E-state index contributed by atoms with van der Waals surface area (Å²) in [6, 6.07) is 0. The average molecular weight is 176 g/mol. The van der Waals surface area contributed by atoms with Crippen molar-refractivity contribution in [1.82, 2.24) is 4.84 Å². The van der Waals surface area contributed by atoms with Gasteiger partial charge >= 0.3 is 0 Å². The van der Waals surface area contributed by atoms with Crippen LogP contribution >= 0.6 is 11.8 Å². The molecule has 0 aromatic carbocycles. The molecule has 0 radical (unpaired) electrons. The molecule has 64 valence electrons. The second kappa shape index (κ2) is 1.76. The Kier molecular flexibility index (Phi) is 1.25. The van der Waals surface area contributed by atoms with Crippen LogP contribution in [0, 0.1) is 5.41 Å². The quantitative estimate of drug-likeness (QED) is 0.623. The van der Waals surface area contributed by atoms with E-state index in [1.54, 1.807) is 0 Å². The normalized spacial score (nSPS) is 48.0. The van der Waals surface area contributed by atoms with Crippen LogP contribution in [-0.4, -0.2) is 16.2 Å². The number of aliphatic hydroxyl groups is 1. The van der Waals surface area contributed by atoms with Crippen molar-refractivity contribution in [2.45, 2.75) is 44.2 Å². The summed E-state index contributed by atoms with van der Waals surface area (Å²) < 4.78 is 0. The first-order valence-corrected chi connectivity index (χ1v) is 4.41. The molecule has 3 aliphatic rings. The molecule has 3 aliphatic carbocycles. The Labute approximate surface area is 72.0 Å². The van der Waals surface area contributed by atoms with Gasteiger partial charge in [0.05, 0.1) is 5.60 Å². The molecule has 3 saturated carbocycles. The van der Waals surface area contributed by atoms with Gasteiger partial charge in [0.1, 0.15) is 0 Å². The summed E-state index contributed by atoms with van der Waals surface area (Å²) in [7, 11) is 0. The third-order valence-corrected chi connectivity index (χ3v) is 3.93. The molecule has 3 fully saturated rings. The molecule has 2 bridgehead atoms. The van der Waals surface area contributed by atoms with Crippen molar-refractivity contribution in [3.8, 4) is 0 Å². The van der Waals surface area contributed by atoms with Gasteiger partial charge in [-0.25, -0.2) is 4.84 Å². The Hall–Kier alpha value is 0.210. The molecule has 0 saturated heterocycles. The maximum Gasteiger partial charge on any atom is 0.0649 e. The Morgan fingerprint density at radius 3 is 2.09 bits per heavy atom. The molecule has 0 aliphatic heterocycles. The molecule has 3 rings (SSSR count). The minimum absolute atomic E-state index is 0.175. The SMILES string of the molecule is CC(C)(O)C12CC(NCl)(C1)C2. The molecule has 2 nitrogen and oxygen atoms in total. The topological polar surface area (TPSA) is 32.3 Å². The molecule has 0 heterocycles. The Bertz CT molecular complexity index is 177. The fourth-order valence-electron chi connectivity index (χ4n) is 2.54. The van der Waals surface area contributed by atoms with Gasteiger partial charge in [0.25, 0.3) is 0 Å². The third kappa shape index (κ3) is 0.754. The first-order chi connectivity index (χ1) is 4.93. The monoisotopic (exact) mass is 175 g/mol. The number of nitrogens with one attached hydrogen (secondary N) is 1. The van der Waals surface area contributed by atoms with Crippen LogP contribution in [0.1, 0.15) is 33.1 Å². The molecule has 0 atom stereocenters. The van der Waals surface area contributed by atoms with Crippen molar-refractivity contribution in [3.05, 3.63) is 0 Å². The summed E-state index contributed by atoms with van der Waals surface area (Å²) in [5.41, 5.74) is -0.168. The second-order valence-corrected chi connectivity index (χ2v) is 4.93. The molecule has 0 unspecified atom stereocenters. The van der Waals surface area contributed by atoms with E-state index in [0.29, 0.717) is 0 Å². The molecular formula is C8H14ClNO. The van der Waals surface area contributed by atoms with E-state index in [1.807, 2.05) is 13.8 Å². The molecular weight excluding hydrogens is 162 g/mol. The highest BCUT2D eigenvalue weighted by Gasteiger charge is 2.72. The van der Waals surface area contributed by atoms with Crippen LogP contribution in [0.4, 0.5) is 0 Å². The van der Waals surface area contributed by atoms with E-state index < -0.39 is 5.60 Å². The fraction of sp³-hybridized carbons (Fsp3) is 1.00. The maximum atomic E-state index is 9.77. The smallest absolute Gasteiger partial charge is 0.0649 e. The number of rotatable bonds is 2. The van der Waals surface area contributed by atoms with E-state index in [4.69, 9.17) is 11.8 Å². The van der Waals surface area contributed by atoms with Crippen LogP contribution in [-0.2, 0) is 0 Å². The van der Waals surface area contributed by atoms with E-state index in [1.165, 1.54) is 0 Å². The lowest BCUT2D eigenvalue weighted by molar-refractivity contribution is -0.244. The number of halogens is 1. The van der Waals surface area contributed by atoms with Crippen LogP contribution in [0.5, 0.6) is 0 Å². The summed E-state index contributed by atoms with van der Waals surface area (Å²) in [5, 5.41) is 9.77. The Morgan fingerprint density at radius 1 is 1.36 bits per heavy atom. The van der Waals surface area contributed by atoms with Crippen LogP contribution in [0.25, 0.3) is 0 Å². The van der Waals surface area contributed by atoms with Crippen LogP contribution < -0.4 is 4.84 Å². The van der Waals surface area contributed by atoms with Gasteiger partial charge < -0.3 is 5.11 Å². The van der Waals surface area contributed by atoms with E-state index in [9.17, 15) is 5.11 Å². The summed E-state index contributed by atoms with van der Waals surface area (Å²) in [4.78, 5) is 2.80. The largest absolute Gasteiger partial charge is 0.390 e. The first kappa shape index (κ1) is 7.84. The van der Waals surface area contributed by atoms with Crippen molar-refractivity contribution >= 4 is 11.8 Å². The predicted molar refractivity (Wildman–Crippen MR) is 44.3 cm³/mol. The highest BCUT2D eigenvalue weighted by molar-refractivity contribution is 6.14. The molecule has 11 heavy (non-hydrogen) atoms. The number of hydrogen-bond acceptors (Lipinski definition) is 2. The first-order valence-electron chi connectivity index (χ1n) is 4.03. The lowest BCUT2D eigenvalue weighted by atomic mass is 9.35. The lowest BCUT2D eigenvalue weighted by Gasteiger charge is -2.73. The zero-order chi connectivity index (χ0) is 8.33. The zero-order valence-corrected chi connectivity index (χ0v) is 7.70. The van der Waals surface area contributed by atoms with Crippen molar-refractivity contribution in [2.75, 3.05) is 0 Å². The standard InChI is InChI=1S/C8H14ClNO/c1-6(2,11)7-3-8(4-7,5-7)10-9/h10-11H,3-5H2,1-2H3. The molecule has 0 aromatic rings. The molecule has 0 aromatic heterocycles. The second-order valence-electron chi connectivity index (χ2n) is 4.74. The van der Waals surface area contributed by atoms with Gasteiger partial charge in [0.2, 0.25) is 0 Å². The van der Waals surface area contributed by atoms with Crippen LogP contribution in [0.3, 0.4) is 0 Å². The molecule has 2 N–H and O–H groups in total. The maximum absolute atomic E-state index is 9.77.